The van der Waals surface area contributed by atoms with Crippen molar-refractivity contribution in [2.45, 2.75) is 31.7 Å². The van der Waals surface area contributed by atoms with Crippen molar-refractivity contribution >= 4 is 34.7 Å². The van der Waals surface area contributed by atoms with Crippen LogP contribution in [-0.2, 0) is 24.3 Å². The molecule has 4 aromatic carbocycles. The average molecular weight is 703 g/mol. The van der Waals surface area contributed by atoms with Crippen molar-refractivity contribution in [3.8, 4) is 18.1 Å². The molecule has 0 aromatic heterocycles. The van der Waals surface area contributed by atoms with Gasteiger partial charge < -0.3 is 30.3 Å². The molecule has 2 aliphatic rings. The van der Waals surface area contributed by atoms with E-state index in [1.807, 2.05) is 102 Å². The maximum Gasteiger partial charge on any atom is 0.412 e. The van der Waals surface area contributed by atoms with Crippen molar-refractivity contribution in [3.05, 3.63) is 114 Å². The number of hydrogen-bond donors (Lipinski definition) is 3. The van der Waals surface area contributed by atoms with E-state index in [0.717, 1.165) is 27.5 Å². The Bertz CT molecular complexity index is 1970. The summed E-state index contributed by atoms with van der Waals surface area (Å²) < 4.78 is 7.32. The molecule has 2 aliphatic heterocycles. The molecule has 6 rings (SSSR count). The maximum atomic E-state index is 13.9. The van der Waals surface area contributed by atoms with Crippen LogP contribution in [0, 0.1) is 12.3 Å². The predicted octanol–water partition coefficient (Wildman–Crippen LogP) is 3.81. The van der Waals surface area contributed by atoms with Gasteiger partial charge in [-0.2, -0.15) is 9.58 Å². The SMILES string of the molecule is C#CCN(C(=O)NCc1ccccc1)N1CC(=O)N2C(Cc3ccc(OC(=O)NCCN(C)C)cc3)C(O)=[N+](Cc3cccc4ccccc34)C[C@@H]21. The number of nitrogens with zero attached hydrogens (tertiary/aromatic N) is 5. The number of urea groups is 1. The molecular weight excluding hydrogens is 658 g/mol. The van der Waals surface area contributed by atoms with E-state index in [0.29, 0.717) is 31.9 Å². The number of carbonyl (C=O) groups excluding carboxylic acids is 3. The molecule has 2 heterocycles. The minimum absolute atomic E-state index is 0.0495. The van der Waals surface area contributed by atoms with Gasteiger partial charge in [-0.25, -0.2) is 14.6 Å². The van der Waals surface area contributed by atoms with Gasteiger partial charge in [-0.05, 0) is 48.1 Å². The minimum atomic E-state index is -0.743. The molecule has 0 spiro atoms. The first-order chi connectivity index (χ1) is 25.2. The second kappa shape index (κ2) is 16.4. The maximum absolute atomic E-state index is 13.9. The lowest BCUT2D eigenvalue weighted by Crippen LogP contribution is -2.63. The quantitative estimate of drug-likeness (QED) is 0.152. The molecule has 0 bridgehead atoms. The molecule has 1 saturated heterocycles. The van der Waals surface area contributed by atoms with E-state index in [2.05, 4.69) is 22.6 Å². The fraction of sp³-hybridized carbons (Fsp3) is 0.300. The summed E-state index contributed by atoms with van der Waals surface area (Å²) in [6.45, 7) is 1.89. The lowest BCUT2D eigenvalue weighted by atomic mass is 10.0. The Kier molecular flexibility index (Phi) is 11.3. The van der Waals surface area contributed by atoms with Crippen LogP contribution < -0.4 is 15.4 Å². The first-order valence-corrected chi connectivity index (χ1v) is 17.3. The molecule has 0 aliphatic carbocycles. The number of carbonyl (C=O) groups is 3. The number of amides is 4. The van der Waals surface area contributed by atoms with Crippen molar-refractivity contribution < 1.29 is 28.8 Å². The molecule has 268 valence electrons. The van der Waals surface area contributed by atoms with Crippen LogP contribution in [0.3, 0.4) is 0 Å². The van der Waals surface area contributed by atoms with Gasteiger partial charge in [0.2, 0.25) is 5.91 Å². The Balaban J connectivity index is 1.28. The molecule has 0 radical (unpaired) electrons. The summed E-state index contributed by atoms with van der Waals surface area (Å²) >= 11 is 0. The molecule has 1 fully saturated rings. The highest BCUT2D eigenvalue weighted by molar-refractivity contribution is 5.89. The molecular formula is C40H44N7O5+. The zero-order valence-electron chi connectivity index (χ0n) is 29.4. The average Bonchev–Trinajstić information content (AvgIpc) is 3.47. The van der Waals surface area contributed by atoms with E-state index >= 15 is 0 Å². The Morgan fingerprint density at radius 1 is 0.962 bits per heavy atom. The van der Waals surface area contributed by atoms with Gasteiger partial charge >= 0.3 is 18.0 Å². The zero-order valence-corrected chi connectivity index (χ0v) is 29.4. The van der Waals surface area contributed by atoms with Crippen molar-refractivity contribution in [1.29, 1.82) is 0 Å². The highest BCUT2D eigenvalue weighted by Crippen LogP contribution is 2.29. The number of rotatable bonds is 12. The number of aliphatic hydroxyl groups is 1. The third-order valence-corrected chi connectivity index (χ3v) is 9.30. The van der Waals surface area contributed by atoms with Crippen molar-refractivity contribution in [1.82, 2.24) is 30.5 Å². The van der Waals surface area contributed by atoms with Crippen LogP contribution >= 0.6 is 0 Å². The van der Waals surface area contributed by atoms with Crippen molar-refractivity contribution in [2.75, 3.05) is 46.8 Å². The molecule has 2 atom stereocenters. The molecule has 12 nitrogen and oxygen atoms in total. The first-order valence-electron chi connectivity index (χ1n) is 17.3. The predicted molar refractivity (Wildman–Crippen MR) is 198 cm³/mol. The summed E-state index contributed by atoms with van der Waals surface area (Å²) in [6, 6.07) is 29.5. The monoisotopic (exact) mass is 702 g/mol. The normalized spacial score (nSPS) is 17.2. The van der Waals surface area contributed by atoms with Gasteiger partial charge in [0.25, 0.3) is 0 Å². The number of hydrazine groups is 1. The third-order valence-electron chi connectivity index (χ3n) is 9.30. The van der Waals surface area contributed by atoms with E-state index in [1.165, 1.54) is 5.01 Å². The smallest absolute Gasteiger partial charge is 0.412 e. The van der Waals surface area contributed by atoms with Crippen LogP contribution in [-0.4, -0.2) is 112 Å². The van der Waals surface area contributed by atoms with Crippen LogP contribution in [0.4, 0.5) is 9.59 Å². The van der Waals surface area contributed by atoms with Gasteiger partial charge in [-0.3, -0.25) is 4.79 Å². The molecule has 12 heteroatoms. The highest BCUT2D eigenvalue weighted by atomic mass is 16.6. The van der Waals surface area contributed by atoms with Gasteiger partial charge in [0.05, 0.1) is 6.54 Å². The van der Waals surface area contributed by atoms with Crippen LogP contribution in [0.1, 0.15) is 16.7 Å². The molecule has 3 N–H and O–H groups in total. The summed E-state index contributed by atoms with van der Waals surface area (Å²) in [5, 5.41) is 22.9. The molecule has 4 aromatic rings. The lowest BCUT2D eigenvalue weighted by Gasteiger charge is -2.39. The van der Waals surface area contributed by atoms with Gasteiger partial charge in [0.15, 0.2) is 25.3 Å². The highest BCUT2D eigenvalue weighted by Gasteiger charge is 2.53. The number of nitrogens with one attached hydrogen (secondary N) is 2. The summed E-state index contributed by atoms with van der Waals surface area (Å²) in [5.74, 6) is 2.77. The second-order valence-corrected chi connectivity index (χ2v) is 13.1. The van der Waals surface area contributed by atoms with Gasteiger partial charge in [-0.15, -0.1) is 6.42 Å². The van der Waals surface area contributed by atoms with E-state index in [1.54, 1.807) is 22.0 Å². The van der Waals surface area contributed by atoms with Crippen LogP contribution in [0.5, 0.6) is 5.75 Å². The van der Waals surface area contributed by atoms with Crippen molar-refractivity contribution in [2.24, 2.45) is 0 Å². The minimum Gasteiger partial charge on any atom is -0.462 e. The van der Waals surface area contributed by atoms with E-state index in [-0.39, 0.29) is 37.9 Å². The zero-order chi connectivity index (χ0) is 36.6. The number of terminal acetylenes is 1. The number of likely N-dealkylation sites (N-methyl/N-ethyl adjacent to an activating group) is 1. The largest absolute Gasteiger partial charge is 0.462 e. The van der Waals surface area contributed by atoms with Crippen LogP contribution in [0.2, 0.25) is 0 Å². The first kappa shape index (κ1) is 35.9. The number of aliphatic hydroxyl groups excluding tert-OH is 1. The number of ether oxygens (including phenoxy) is 1. The summed E-state index contributed by atoms with van der Waals surface area (Å²) in [5.41, 5.74) is 2.75. The topological polar surface area (TPSA) is 121 Å². The fourth-order valence-corrected chi connectivity index (χ4v) is 6.71. The number of hydrogen-bond acceptors (Lipinski definition) is 6. The Hall–Kier alpha value is -5.90. The van der Waals surface area contributed by atoms with Crippen LogP contribution in [0.15, 0.2) is 97.1 Å². The Morgan fingerprint density at radius 3 is 2.44 bits per heavy atom. The van der Waals surface area contributed by atoms with Crippen molar-refractivity contribution in [3.63, 3.8) is 0 Å². The number of fused-ring (bicyclic) bond motifs is 2. The van der Waals surface area contributed by atoms with Crippen LogP contribution in [0.25, 0.3) is 10.8 Å². The Morgan fingerprint density at radius 2 is 1.69 bits per heavy atom. The van der Waals surface area contributed by atoms with Gasteiger partial charge in [0, 0.05) is 31.6 Å². The molecule has 1 unspecified atom stereocenters. The fourth-order valence-electron chi connectivity index (χ4n) is 6.71. The molecule has 4 amide bonds. The summed E-state index contributed by atoms with van der Waals surface area (Å²) in [6.07, 6.45) is 4.89. The lowest BCUT2D eigenvalue weighted by molar-refractivity contribution is -0.569. The van der Waals surface area contributed by atoms with E-state index < -0.39 is 24.3 Å². The third kappa shape index (κ3) is 8.34. The van der Waals surface area contributed by atoms with E-state index in [9.17, 15) is 19.5 Å². The standard InChI is InChI=1S/C40H43N7O5/c1-4-22-45(39(50)42-25-30-11-6-5-7-12-30)46-28-37(48)47-35(24-29-17-19-33(20-18-29)52-40(51)41-21-23-43(2)3)38(49)44(27-36(46)47)26-32-15-10-14-31-13-8-9-16-34(31)32/h1,5-20,35-36H,21-28H2,2-3H3,(H2,41,42,50,51)/p+1/t35?,36-/m1/s1. The summed E-state index contributed by atoms with van der Waals surface area (Å²) in [4.78, 5) is 43.4. The van der Waals surface area contributed by atoms with Gasteiger partial charge in [0.1, 0.15) is 12.3 Å². The Labute approximate surface area is 303 Å². The molecule has 52 heavy (non-hydrogen) atoms. The van der Waals surface area contributed by atoms with Gasteiger partial charge in [-0.1, -0.05) is 90.8 Å². The van der Waals surface area contributed by atoms with E-state index in [4.69, 9.17) is 11.2 Å². The second-order valence-electron chi connectivity index (χ2n) is 13.1. The molecule has 0 saturated carbocycles. The number of benzene rings is 4. The summed E-state index contributed by atoms with van der Waals surface area (Å²) in [7, 11) is 3.84.